The molecule has 0 aromatic carbocycles. The highest BCUT2D eigenvalue weighted by Gasteiger charge is 2.75. The lowest BCUT2D eigenvalue weighted by atomic mass is 9.44. The quantitative estimate of drug-likeness (QED) is 0.108. The third-order valence-electron chi connectivity index (χ3n) is 12.2. The summed E-state index contributed by atoms with van der Waals surface area (Å²) in [6.07, 6.45) is 8.67. The number of Topliss-reactive ketones (excluding diaryl/α,β-unsaturated/α-hetero) is 1. The summed E-state index contributed by atoms with van der Waals surface area (Å²) in [6, 6.07) is 0. The second kappa shape index (κ2) is 19.9. The number of alkyl carbamates (subject to hydrolysis) is 2. The van der Waals surface area contributed by atoms with Crippen molar-refractivity contribution in [3.63, 3.8) is 0 Å². The number of ketones is 2. The Kier molecular flexibility index (Phi) is 17.5. The normalized spacial score (nSPS) is 32.9. The average molecular weight is 780 g/mol. The molecule has 0 aromatic heterocycles. The molecule has 0 aliphatic heterocycles. The van der Waals surface area contributed by atoms with E-state index < -0.39 is 70.5 Å². The Morgan fingerprint density at radius 3 is 2.29 bits per heavy atom. The van der Waals surface area contributed by atoms with Crippen LogP contribution < -0.4 is 21.7 Å². The van der Waals surface area contributed by atoms with Crippen LogP contribution in [0.1, 0.15) is 91.4 Å². The molecular formula is C37H61Cl2FN4O8. The number of ether oxygens (including phenoxy) is 2. The van der Waals surface area contributed by atoms with Crippen LogP contribution in [0, 0.1) is 28.6 Å². The zero-order valence-electron chi connectivity index (χ0n) is 30.9. The van der Waals surface area contributed by atoms with Gasteiger partial charge in [-0.05, 0) is 115 Å². The number of hydrogen-bond acceptors (Lipinski definition) is 10. The second-order valence-corrected chi connectivity index (χ2v) is 15.2. The van der Waals surface area contributed by atoms with Crippen molar-refractivity contribution in [1.29, 1.82) is 0 Å². The van der Waals surface area contributed by atoms with Gasteiger partial charge in [0.2, 0.25) is 5.78 Å². The summed E-state index contributed by atoms with van der Waals surface area (Å²) in [6.45, 7) is 8.21. The lowest BCUT2D eigenvalue weighted by Crippen LogP contribution is -2.69. The Bertz CT molecular complexity index is 1310. The summed E-state index contributed by atoms with van der Waals surface area (Å²) in [7, 11) is 0. The van der Waals surface area contributed by atoms with Crippen LogP contribution in [0.25, 0.3) is 0 Å². The molecule has 4 rings (SSSR count). The van der Waals surface area contributed by atoms with Crippen molar-refractivity contribution in [3.8, 4) is 0 Å². The molecule has 0 heterocycles. The van der Waals surface area contributed by atoms with Gasteiger partial charge in [-0.2, -0.15) is 0 Å². The maximum atomic E-state index is 17.3. The van der Waals surface area contributed by atoms with Gasteiger partial charge in [0, 0.05) is 29.8 Å². The van der Waals surface area contributed by atoms with E-state index in [1.165, 1.54) is 12.2 Å². The van der Waals surface area contributed by atoms with Gasteiger partial charge in [0.15, 0.2) is 18.1 Å². The number of aliphatic hydroxyl groups is 2. The highest BCUT2D eigenvalue weighted by atomic mass is 35.5. The van der Waals surface area contributed by atoms with Crippen molar-refractivity contribution < 1.29 is 43.3 Å². The third kappa shape index (κ3) is 9.32. The molecule has 3 saturated carbocycles. The first-order valence-electron chi connectivity index (χ1n) is 18.5. The lowest BCUT2D eigenvalue weighted by Gasteiger charge is -2.62. The number of nitrogens with one attached hydrogen (secondary N) is 3. The molecule has 15 heteroatoms. The predicted octanol–water partition coefficient (Wildman–Crippen LogP) is 4.48. The van der Waals surface area contributed by atoms with Crippen molar-refractivity contribution in [2.75, 3.05) is 45.9 Å². The number of halogens is 3. The fourth-order valence-electron chi connectivity index (χ4n) is 9.34. The summed E-state index contributed by atoms with van der Waals surface area (Å²) < 4.78 is 27.8. The number of amides is 2. The molecule has 0 bridgehead atoms. The zero-order chi connectivity index (χ0) is 36.6. The fourth-order valence-corrected chi connectivity index (χ4v) is 9.34. The number of allylic oxidation sites excluding steroid dienone is 4. The minimum Gasteiger partial charge on any atom is -0.450 e. The summed E-state index contributed by atoms with van der Waals surface area (Å²) in [5.74, 6) is -2.44. The van der Waals surface area contributed by atoms with Crippen molar-refractivity contribution in [1.82, 2.24) is 16.0 Å². The molecule has 2 amide bonds. The van der Waals surface area contributed by atoms with E-state index in [0.717, 1.165) is 45.2 Å². The van der Waals surface area contributed by atoms with E-state index in [9.17, 15) is 29.4 Å². The summed E-state index contributed by atoms with van der Waals surface area (Å²) in [5.41, 5.74) is -0.150. The second-order valence-electron chi connectivity index (χ2n) is 15.2. The maximum Gasteiger partial charge on any atom is 0.407 e. The monoisotopic (exact) mass is 778 g/mol. The molecule has 3 fully saturated rings. The zero-order valence-corrected chi connectivity index (χ0v) is 32.5. The van der Waals surface area contributed by atoms with Crippen LogP contribution >= 0.6 is 24.8 Å². The number of rotatable bonds is 18. The van der Waals surface area contributed by atoms with Gasteiger partial charge in [0.05, 0.1) is 12.7 Å². The average Bonchev–Trinajstić information content (AvgIpc) is 3.28. The number of alkyl halides is 1. The number of fused-ring (bicyclic) bond motifs is 5. The topological polar surface area (TPSA) is 189 Å². The maximum absolute atomic E-state index is 17.3. The highest BCUT2D eigenvalue weighted by Crippen LogP contribution is 2.70. The van der Waals surface area contributed by atoms with E-state index in [1.807, 2.05) is 0 Å². The number of carbonyl (C=O) groups excluding carboxylic acids is 4. The van der Waals surface area contributed by atoms with E-state index >= 15 is 4.39 Å². The molecule has 4 aliphatic carbocycles. The Morgan fingerprint density at radius 2 is 1.58 bits per heavy atom. The largest absolute Gasteiger partial charge is 0.450 e. The molecule has 12 nitrogen and oxygen atoms in total. The van der Waals surface area contributed by atoms with E-state index in [4.69, 9.17) is 15.2 Å². The molecule has 0 saturated heterocycles. The number of hydrogen-bond donors (Lipinski definition) is 6. The first-order chi connectivity index (χ1) is 23.8. The van der Waals surface area contributed by atoms with Crippen molar-refractivity contribution >= 4 is 48.6 Å². The molecule has 5 unspecified atom stereocenters. The molecule has 4 aliphatic rings. The van der Waals surface area contributed by atoms with E-state index in [0.29, 0.717) is 63.9 Å². The first-order valence-corrected chi connectivity index (χ1v) is 18.5. The lowest BCUT2D eigenvalue weighted by molar-refractivity contribution is -0.219. The van der Waals surface area contributed by atoms with Gasteiger partial charge < -0.3 is 41.4 Å². The van der Waals surface area contributed by atoms with Crippen LogP contribution in [0.5, 0.6) is 0 Å². The highest BCUT2D eigenvalue weighted by molar-refractivity contribution is 6.01. The van der Waals surface area contributed by atoms with E-state index in [1.54, 1.807) is 26.8 Å². The minimum atomic E-state index is -2.06. The Labute approximate surface area is 319 Å². The molecule has 0 aromatic rings. The summed E-state index contributed by atoms with van der Waals surface area (Å²) in [4.78, 5) is 49.9. The Morgan fingerprint density at radius 1 is 0.942 bits per heavy atom. The SMILES string of the molecule is C[C@@H]1CC2C3CCC4=CC(=O)C=CC4(C)[C@@]3(F)C(O)CC2(C)[C@@]1(O)C(=O)COC(=O)NCCCCCCOC(=O)NCCCNCCCCN.Cl.Cl. The molecule has 0 spiro atoms. The molecular weight excluding hydrogens is 718 g/mol. The van der Waals surface area contributed by atoms with Gasteiger partial charge in [0.25, 0.3) is 0 Å². The fraction of sp³-hybridized carbons (Fsp3) is 0.784. The number of nitrogens with two attached hydrogens (primary N) is 1. The van der Waals surface area contributed by atoms with E-state index in [2.05, 4.69) is 16.0 Å². The molecule has 0 radical (unpaired) electrons. The van der Waals surface area contributed by atoms with Crippen LogP contribution in [0.3, 0.4) is 0 Å². The van der Waals surface area contributed by atoms with Gasteiger partial charge in [-0.25, -0.2) is 14.0 Å². The molecule has 52 heavy (non-hydrogen) atoms. The summed E-state index contributed by atoms with van der Waals surface area (Å²) in [5, 5.41) is 32.2. The van der Waals surface area contributed by atoms with Gasteiger partial charge in [-0.1, -0.05) is 31.9 Å². The minimum absolute atomic E-state index is 0. The molecule has 7 N–H and O–H groups in total. The summed E-state index contributed by atoms with van der Waals surface area (Å²) >= 11 is 0. The first kappa shape index (κ1) is 45.9. The van der Waals surface area contributed by atoms with Gasteiger partial charge in [-0.15, -0.1) is 24.8 Å². The third-order valence-corrected chi connectivity index (χ3v) is 12.2. The van der Waals surface area contributed by atoms with Crippen molar-refractivity contribution in [3.05, 3.63) is 23.8 Å². The van der Waals surface area contributed by atoms with Crippen LogP contribution in [0.4, 0.5) is 14.0 Å². The van der Waals surface area contributed by atoms with Crippen molar-refractivity contribution in [2.45, 2.75) is 109 Å². The standard InChI is InChI=1S/C37H59FN4O8.2ClH/c1-25-21-29-28-12-11-26-22-27(43)13-14-34(26,2)36(28,38)30(44)23-35(29,3)37(25,48)31(45)24-50-33(47)41-18-7-4-5-9-20-49-32(46)42-19-10-17-40-16-8-6-15-39;;/h13-14,22,25,28-30,40,44,48H,4-12,15-21,23-24,39H2,1-3H3,(H,41,47)(H,42,46);2*1H/t25-,28?,29?,30?,34?,35?,36+,37+;;/m1../s1. The Balaban J connectivity index is 0.00000468. The van der Waals surface area contributed by atoms with Crippen LogP contribution in [-0.2, 0) is 19.1 Å². The van der Waals surface area contributed by atoms with Gasteiger partial charge >= 0.3 is 12.2 Å². The predicted molar refractivity (Wildman–Crippen MR) is 200 cm³/mol. The van der Waals surface area contributed by atoms with Crippen LogP contribution in [0.2, 0.25) is 0 Å². The van der Waals surface area contributed by atoms with Crippen LogP contribution in [-0.4, -0.2) is 97.3 Å². The van der Waals surface area contributed by atoms with E-state index in [-0.39, 0.29) is 37.0 Å². The number of carbonyl (C=O) groups is 4. The smallest absolute Gasteiger partial charge is 0.407 e. The van der Waals surface area contributed by atoms with Gasteiger partial charge in [-0.3, -0.25) is 9.59 Å². The molecule has 298 valence electrons. The van der Waals surface area contributed by atoms with Gasteiger partial charge in [0.1, 0.15) is 5.60 Å². The Hall–Kier alpha value is -2.29. The van der Waals surface area contributed by atoms with Crippen LogP contribution in [0.15, 0.2) is 23.8 Å². The number of aliphatic hydroxyl groups excluding tert-OH is 1. The van der Waals surface area contributed by atoms with Crippen molar-refractivity contribution in [2.24, 2.45) is 34.3 Å². The number of unbranched alkanes of at least 4 members (excludes halogenated alkanes) is 4. The molecule has 8 atom stereocenters.